The minimum absolute atomic E-state index is 0.542. The molecule has 0 radical (unpaired) electrons. The van der Waals surface area contributed by atoms with Crippen LogP contribution in [0.25, 0.3) is 10.8 Å². The van der Waals surface area contributed by atoms with E-state index in [1.807, 2.05) is 24.3 Å². The molecule has 4 nitrogen and oxygen atoms in total. The Hall–Kier alpha value is -2.62. The first-order chi connectivity index (χ1) is 8.83. The van der Waals surface area contributed by atoms with Gasteiger partial charge in [-0.15, -0.1) is 0 Å². The number of hydrogen-bond acceptors (Lipinski definition) is 4. The number of nitrogens with zero attached hydrogens (tertiary/aromatic N) is 2. The summed E-state index contributed by atoms with van der Waals surface area (Å²) in [6.07, 6.45) is 3.17. The third kappa shape index (κ3) is 1.96. The van der Waals surface area contributed by atoms with E-state index in [0.29, 0.717) is 11.6 Å². The second-order valence-electron chi connectivity index (χ2n) is 3.99. The van der Waals surface area contributed by atoms with Crippen LogP contribution < -0.4 is 11.1 Å². The van der Waals surface area contributed by atoms with Gasteiger partial charge in [-0.05, 0) is 11.5 Å². The lowest BCUT2D eigenvalue weighted by Gasteiger charge is -2.08. The summed E-state index contributed by atoms with van der Waals surface area (Å²) in [5.41, 5.74) is 7.10. The fourth-order valence-corrected chi connectivity index (χ4v) is 1.86. The number of nitrogens with one attached hydrogen (secondary N) is 1. The number of rotatable bonds is 2. The maximum Gasteiger partial charge on any atom is 0.227 e. The zero-order chi connectivity index (χ0) is 12.4. The number of aromatic nitrogens is 2. The van der Waals surface area contributed by atoms with Crippen molar-refractivity contribution in [3.05, 3.63) is 54.9 Å². The Kier molecular flexibility index (Phi) is 2.53. The Balaban J connectivity index is 2.02. The topological polar surface area (TPSA) is 63.8 Å². The second kappa shape index (κ2) is 4.33. The van der Waals surface area contributed by atoms with E-state index >= 15 is 0 Å². The van der Waals surface area contributed by atoms with Crippen molar-refractivity contribution in [2.45, 2.75) is 0 Å². The van der Waals surface area contributed by atoms with Crippen molar-refractivity contribution in [2.75, 3.05) is 11.1 Å². The Morgan fingerprint density at radius 1 is 0.889 bits per heavy atom. The summed E-state index contributed by atoms with van der Waals surface area (Å²) in [5, 5.41) is 5.51. The van der Waals surface area contributed by atoms with Crippen LogP contribution in [-0.4, -0.2) is 9.97 Å². The molecule has 18 heavy (non-hydrogen) atoms. The van der Waals surface area contributed by atoms with Gasteiger partial charge in [0.15, 0.2) is 0 Å². The van der Waals surface area contributed by atoms with Gasteiger partial charge in [0.2, 0.25) is 5.95 Å². The van der Waals surface area contributed by atoms with Gasteiger partial charge in [-0.1, -0.05) is 36.4 Å². The fraction of sp³-hybridized carbons (Fsp3) is 0. The van der Waals surface area contributed by atoms with Crippen molar-refractivity contribution in [2.24, 2.45) is 0 Å². The van der Waals surface area contributed by atoms with Gasteiger partial charge in [-0.25, -0.2) is 9.97 Å². The fourth-order valence-electron chi connectivity index (χ4n) is 1.86. The number of nitrogen functional groups attached to an aromatic ring is 1. The molecule has 2 aromatic carbocycles. The van der Waals surface area contributed by atoms with E-state index in [4.69, 9.17) is 5.73 Å². The van der Waals surface area contributed by atoms with E-state index < -0.39 is 0 Å². The number of benzene rings is 2. The summed E-state index contributed by atoms with van der Waals surface area (Å²) < 4.78 is 0. The van der Waals surface area contributed by atoms with Gasteiger partial charge in [0.1, 0.15) is 0 Å². The van der Waals surface area contributed by atoms with Gasteiger partial charge < -0.3 is 11.1 Å². The SMILES string of the molecule is Nc1cnc(Nc2cccc3ccccc23)nc1. The third-order valence-electron chi connectivity index (χ3n) is 2.71. The van der Waals surface area contributed by atoms with Crippen molar-refractivity contribution in [1.29, 1.82) is 0 Å². The van der Waals surface area contributed by atoms with Crippen LogP contribution in [0, 0.1) is 0 Å². The Morgan fingerprint density at radius 2 is 1.61 bits per heavy atom. The van der Waals surface area contributed by atoms with Gasteiger partial charge >= 0.3 is 0 Å². The number of nitrogens with two attached hydrogens (primary N) is 1. The molecule has 0 atom stereocenters. The van der Waals surface area contributed by atoms with Gasteiger partial charge in [0.05, 0.1) is 18.1 Å². The number of hydrogen-bond donors (Lipinski definition) is 2. The van der Waals surface area contributed by atoms with E-state index in [9.17, 15) is 0 Å². The molecule has 0 spiro atoms. The second-order valence-corrected chi connectivity index (χ2v) is 3.99. The lowest BCUT2D eigenvalue weighted by Crippen LogP contribution is -1.98. The van der Waals surface area contributed by atoms with Crippen molar-refractivity contribution in [1.82, 2.24) is 9.97 Å². The van der Waals surface area contributed by atoms with Gasteiger partial charge in [-0.2, -0.15) is 0 Å². The van der Waals surface area contributed by atoms with Crippen LogP contribution in [-0.2, 0) is 0 Å². The highest BCUT2D eigenvalue weighted by atomic mass is 15.1. The predicted octanol–water partition coefficient (Wildman–Crippen LogP) is 2.96. The van der Waals surface area contributed by atoms with E-state index in [1.165, 1.54) is 5.39 Å². The van der Waals surface area contributed by atoms with Crippen molar-refractivity contribution < 1.29 is 0 Å². The normalized spacial score (nSPS) is 10.4. The van der Waals surface area contributed by atoms with E-state index in [2.05, 4.69) is 33.5 Å². The molecule has 0 unspecified atom stereocenters. The lowest BCUT2D eigenvalue weighted by atomic mass is 10.1. The maximum atomic E-state index is 5.56. The van der Waals surface area contributed by atoms with E-state index in [1.54, 1.807) is 12.4 Å². The molecule has 3 rings (SSSR count). The van der Waals surface area contributed by atoms with Crippen molar-refractivity contribution >= 4 is 28.1 Å². The highest BCUT2D eigenvalue weighted by Gasteiger charge is 2.01. The predicted molar refractivity (Wildman–Crippen MR) is 73.7 cm³/mol. The van der Waals surface area contributed by atoms with Crippen LogP contribution in [0.3, 0.4) is 0 Å². The Labute approximate surface area is 104 Å². The van der Waals surface area contributed by atoms with Crippen LogP contribution in [0.4, 0.5) is 17.3 Å². The molecule has 4 heteroatoms. The molecule has 0 fully saturated rings. The molecule has 0 saturated carbocycles. The molecule has 3 N–H and O–H groups in total. The lowest BCUT2D eigenvalue weighted by molar-refractivity contribution is 1.17. The van der Waals surface area contributed by atoms with Crippen LogP contribution in [0.5, 0.6) is 0 Å². The largest absolute Gasteiger partial charge is 0.396 e. The highest BCUT2D eigenvalue weighted by Crippen LogP contribution is 2.24. The molecule has 0 saturated heterocycles. The first kappa shape index (κ1) is 10.5. The van der Waals surface area contributed by atoms with Crippen LogP contribution in [0.2, 0.25) is 0 Å². The summed E-state index contributed by atoms with van der Waals surface area (Å²) in [7, 11) is 0. The van der Waals surface area contributed by atoms with Crippen LogP contribution in [0.15, 0.2) is 54.9 Å². The molecule has 1 heterocycles. The minimum Gasteiger partial charge on any atom is -0.396 e. The zero-order valence-electron chi connectivity index (χ0n) is 9.67. The van der Waals surface area contributed by atoms with E-state index in [-0.39, 0.29) is 0 Å². The van der Waals surface area contributed by atoms with Crippen molar-refractivity contribution in [3.63, 3.8) is 0 Å². The molecule has 1 aromatic heterocycles. The molecule has 3 aromatic rings. The van der Waals surface area contributed by atoms with Crippen LogP contribution in [0.1, 0.15) is 0 Å². The van der Waals surface area contributed by atoms with Crippen LogP contribution >= 0.6 is 0 Å². The molecule has 88 valence electrons. The minimum atomic E-state index is 0.542. The average molecular weight is 236 g/mol. The first-order valence-electron chi connectivity index (χ1n) is 5.65. The third-order valence-corrected chi connectivity index (χ3v) is 2.71. The molecule has 0 aliphatic rings. The first-order valence-corrected chi connectivity index (χ1v) is 5.65. The van der Waals surface area contributed by atoms with Crippen molar-refractivity contribution in [3.8, 4) is 0 Å². The summed E-state index contributed by atoms with van der Waals surface area (Å²) in [6, 6.07) is 14.2. The average Bonchev–Trinajstić information content (AvgIpc) is 2.42. The Morgan fingerprint density at radius 3 is 2.44 bits per heavy atom. The highest BCUT2D eigenvalue weighted by molar-refractivity contribution is 5.94. The smallest absolute Gasteiger partial charge is 0.227 e. The molecule has 0 bridgehead atoms. The molecule has 0 amide bonds. The molecule has 0 aliphatic heterocycles. The van der Waals surface area contributed by atoms with E-state index in [0.717, 1.165) is 11.1 Å². The summed E-state index contributed by atoms with van der Waals surface area (Å²) in [5.74, 6) is 0.542. The number of fused-ring (bicyclic) bond motifs is 1. The van der Waals surface area contributed by atoms with Gasteiger partial charge in [0, 0.05) is 11.1 Å². The monoisotopic (exact) mass is 236 g/mol. The summed E-state index contributed by atoms with van der Waals surface area (Å²) >= 11 is 0. The zero-order valence-corrected chi connectivity index (χ0v) is 9.67. The molecular formula is C14H12N4. The summed E-state index contributed by atoms with van der Waals surface area (Å²) in [4.78, 5) is 8.27. The Bertz CT molecular complexity index is 671. The quantitative estimate of drug-likeness (QED) is 0.718. The number of anilines is 3. The van der Waals surface area contributed by atoms with Gasteiger partial charge in [0.25, 0.3) is 0 Å². The standard InChI is InChI=1S/C14H12N4/c15-11-8-16-14(17-9-11)18-13-7-3-5-10-4-1-2-6-12(10)13/h1-9H,15H2,(H,16,17,18). The molecular weight excluding hydrogens is 224 g/mol. The summed E-state index contributed by atoms with van der Waals surface area (Å²) in [6.45, 7) is 0. The maximum absolute atomic E-state index is 5.56. The van der Waals surface area contributed by atoms with Gasteiger partial charge in [-0.3, -0.25) is 0 Å². The molecule has 0 aliphatic carbocycles.